The average Bonchev–Trinajstić information content (AvgIpc) is 2.15. The minimum Gasteiger partial charge on any atom is -1.00 e. The summed E-state index contributed by atoms with van der Waals surface area (Å²) in [6.45, 7) is 3.77. The number of hydrogen-bond donors (Lipinski definition) is 0. The molecule has 0 fully saturated rings. The van der Waals surface area contributed by atoms with E-state index in [0.29, 0.717) is 30.6 Å². The Balaban J connectivity index is 0. The van der Waals surface area contributed by atoms with E-state index in [1.165, 1.54) is 0 Å². The van der Waals surface area contributed by atoms with Gasteiger partial charge in [-0.15, -0.1) is 6.07 Å². The van der Waals surface area contributed by atoms with E-state index in [9.17, 15) is 0 Å². The van der Waals surface area contributed by atoms with Gasteiger partial charge in [-0.25, -0.2) is 0 Å². The van der Waals surface area contributed by atoms with Crippen molar-refractivity contribution >= 4 is 34.7 Å². The molecular weight excluding hydrogens is 292 g/mol. The van der Waals surface area contributed by atoms with E-state index in [4.69, 9.17) is 21.1 Å². The van der Waals surface area contributed by atoms with Crippen molar-refractivity contribution in [2.45, 2.75) is 6.92 Å². The molecule has 1 aromatic rings. The van der Waals surface area contributed by atoms with E-state index >= 15 is 0 Å². The Kier molecular flexibility index (Phi) is 13.1. The molecule has 0 aromatic heterocycles. The van der Waals surface area contributed by atoms with Crippen molar-refractivity contribution in [3.8, 4) is 5.75 Å². The zero-order chi connectivity index (χ0) is 9.52. The molecule has 1 aromatic carbocycles. The fourth-order valence-corrected chi connectivity index (χ4v) is 1.05. The molecule has 0 unspecified atom stereocenters. The van der Waals surface area contributed by atoms with Crippen LogP contribution < -0.4 is 21.7 Å². The summed E-state index contributed by atoms with van der Waals surface area (Å²) in [7, 11) is 0. The molecule has 0 amide bonds. The number of hydrogen-bond acceptors (Lipinski definition) is 2. The van der Waals surface area contributed by atoms with Crippen molar-refractivity contribution in [1.29, 1.82) is 0 Å². The van der Waals surface area contributed by atoms with E-state index in [-0.39, 0.29) is 40.0 Å². The molecule has 0 bridgehead atoms. The van der Waals surface area contributed by atoms with E-state index in [1.807, 2.05) is 6.92 Å². The van der Waals surface area contributed by atoms with Crippen LogP contribution in [-0.2, 0) is 4.74 Å². The van der Waals surface area contributed by atoms with Gasteiger partial charge in [-0.1, -0.05) is 0 Å². The molecule has 0 N–H and O–H groups in total. The first-order chi connectivity index (χ1) is 6.34. The summed E-state index contributed by atoms with van der Waals surface area (Å²) in [6.07, 6.45) is 0. The summed E-state index contributed by atoms with van der Waals surface area (Å²) in [5, 5.41) is 0.582. The predicted octanol–water partition coefficient (Wildman–Crippen LogP) is -0.821. The van der Waals surface area contributed by atoms with Crippen LogP contribution in [0.1, 0.15) is 6.92 Å². The van der Waals surface area contributed by atoms with E-state index < -0.39 is 0 Å². The summed E-state index contributed by atoms with van der Waals surface area (Å²) in [5.74, 6) is 0.681. The van der Waals surface area contributed by atoms with Crippen LogP contribution in [0.5, 0.6) is 5.75 Å². The second-order valence-electron chi connectivity index (χ2n) is 2.40. The molecule has 0 saturated carbocycles. The number of rotatable bonds is 5. The van der Waals surface area contributed by atoms with Gasteiger partial charge < -0.3 is 26.5 Å². The molecule has 80 valence electrons. The monoisotopic (exact) mass is 302 g/mol. The van der Waals surface area contributed by atoms with Gasteiger partial charge in [-0.3, -0.25) is 0 Å². The van der Waals surface area contributed by atoms with Crippen LogP contribution in [0.4, 0.5) is 0 Å². The van der Waals surface area contributed by atoms with Crippen LogP contribution in [0.15, 0.2) is 18.2 Å². The van der Waals surface area contributed by atoms with Gasteiger partial charge in [-0.05, 0) is 11.9 Å². The Hall–Kier alpha value is 0.516. The molecule has 0 heterocycles. The SMILES string of the molecule is CCOCCOc1cc[c-]cc1Cl.[Br-].[Mg+2]. The van der Waals surface area contributed by atoms with Crippen LogP contribution in [-0.4, -0.2) is 42.9 Å². The summed E-state index contributed by atoms with van der Waals surface area (Å²) >= 11 is 5.84. The third kappa shape index (κ3) is 7.41. The maximum absolute atomic E-state index is 5.84. The Morgan fingerprint density at radius 3 is 2.73 bits per heavy atom. The van der Waals surface area contributed by atoms with Crippen molar-refractivity contribution in [2.75, 3.05) is 19.8 Å². The maximum atomic E-state index is 5.84. The molecule has 0 spiro atoms. The van der Waals surface area contributed by atoms with Crippen LogP contribution in [0.25, 0.3) is 0 Å². The van der Waals surface area contributed by atoms with Gasteiger partial charge in [0.15, 0.2) is 0 Å². The summed E-state index contributed by atoms with van der Waals surface area (Å²) < 4.78 is 10.5. The molecule has 2 nitrogen and oxygen atoms in total. The molecular formula is C10H12BrClMgO2. The summed E-state index contributed by atoms with van der Waals surface area (Å²) in [5.41, 5.74) is 0. The Morgan fingerprint density at radius 1 is 1.40 bits per heavy atom. The number of benzene rings is 1. The van der Waals surface area contributed by atoms with Crippen molar-refractivity contribution < 1.29 is 26.5 Å². The van der Waals surface area contributed by atoms with E-state index in [2.05, 4.69) is 6.07 Å². The Labute approximate surface area is 122 Å². The molecule has 0 aliphatic rings. The van der Waals surface area contributed by atoms with Gasteiger partial charge in [0.25, 0.3) is 0 Å². The fourth-order valence-electron chi connectivity index (χ4n) is 0.868. The largest absolute Gasteiger partial charge is 2.00 e. The van der Waals surface area contributed by atoms with Crippen LogP contribution in [0.2, 0.25) is 5.02 Å². The Bertz CT molecular complexity index is 261. The average molecular weight is 304 g/mol. The molecule has 0 aliphatic heterocycles. The quantitative estimate of drug-likeness (QED) is 0.402. The van der Waals surface area contributed by atoms with Gasteiger partial charge in [-0.2, -0.15) is 29.8 Å². The van der Waals surface area contributed by atoms with Crippen molar-refractivity contribution in [1.82, 2.24) is 0 Å². The minimum absolute atomic E-state index is 0. The van der Waals surface area contributed by atoms with E-state index in [0.717, 1.165) is 0 Å². The number of halogens is 2. The Morgan fingerprint density at radius 2 is 2.13 bits per heavy atom. The maximum Gasteiger partial charge on any atom is 2.00 e. The van der Waals surface area contributed by atoms with Gasteiger partial charge >= 0.3 is 23.1 Å². The normalized spacial score (nSPS) is 8.67. The van der Waals surface area contributed by atoms with Crippen LogP contribution >= 0.6 is 11.6 Å². The van der Waals surface area contributed by atoms with E-state index in [1.54, 1.807) is 18.2 Å². The topological polar surface area (TPSA) is 18.5 Å². The number of ether oxygens (including phenoxy) is 2. The predicted molar refractivity (Wildman–Crippen MR) is 58.0 cm³/mol. The minimum atomic E-state index is 0. The van der Waals surface area contributed by atoms with Gasteiger partial charge in [0.05, 0.1) is 6.61 Å². The van der Waals surface area contributed by atoms with Gasteiger partial charge in [0.2, 0.25) is 0 Å². The third-order valence-corrected chi connectivity index (χ3v) is 1.76. The van der Waals surface area contributed by atoms with Crippen molar-refractivity contribution in [2.24, 2.45) is 0 Å². The smallest absolute Gasteiger partial charge is 1.00 e. The zero-order valence-corrected chi connectivity index (χ0v) is 12.4. The fraction of sp³-hybridized carbons (Fsp3) is 0.400. The first-order valence-electron chi connectivity index (χ1n) is 4.20. The summed E-state index contributed by atoms with van der Waals surface area (Å²) in [4.78, 5) is 0. The molecule has 1 rings (SSSR count). The third-order valence-electron chi connectivity index (χ3n) is 1.47. The second-order valence-corrected chi connectivity index (χ2v) is 2.81. The molecule has 5 heteroatoms. The molecule has 15 heavy (non-hydrogen) atoms. The standard InChI is InChI=1S/C10H12ClO2.BrH.Mg/c1-2-12-7-8-13-10-6-4-3-5-9(10)11;;/h4-6H,2,7-8H2,1H3;1H;/q-1;;+2/p-1. The van der Waals surface area contributed by atoms with Crippen molar-refractivity contribution in [3.05, 3.63) is 29.3 Å². The first-order valence-corrected chi connectivity index (χ1v) is 4.58. The molecule has 0 aliphatic carbocycles. The van der Waals surface area contributed by atoms with Gasteiger partial charge in [0.1, 0.15) is 6.61 Å². The summed E-state index contributed by atoms with van der Waals surface area (Å²) in [6, 6.07) is 8.09. The van der Waals surface area contributed by atoms with Crippen molar-refractivity contribution in [3.63, 3.8) is 0 Å². The van der Waals surface area contributed by atoms with Crippen LogP contribution in [0.3, 0.4) is 0 Å². The second kappa shape index (κ2) is 11.0. The molecule has 0 saturated heterocycles. The zero-order valence-electron chi connectivity index (χ0n) is 8.63. The molecule has 0 atom stereocenters. The first kappa shape index (κ1) is 17.9. The molecule has 0 radical (unpaired) electrons. The van der Waals surface area contributed by atoms with Crippen LogP contribution in [0, 0.1) is 6.07 Å². The van der Waals surface area contributed by atoms with Gasteiger partial charge in [0, 0.05) is 12.4 Å².